The van der Waals surface area contributed by atoms with Crippen molar-refractivity contribution in [1.82, 2.24) is 4.98 Å². The summed E-state index contributed by atoms with van der Waals surface area (Å²) in [7, 11) is 1.40. The van der Waals surface area contributed by atoms with Crippen LogP contribution in [0.3, 0.4) is 0 Å². The normalized spacial score (nSPS) is 10.7. The first-order valence-corrected chi connectivity index (χ1v) is 10.1. The van der Waals surface area contributed by atoms with Crippen LogP contribution < -0.4 is 20.1 Å². The molecule has 1 heterocycles. The van der Waals surface area contributed by atoms with E-state index in [9.17, 15) is 19.1 Å². The van der Waals surface area contributed by atoms with Crippen molar-refractivity contribution < 1.29 is 28.6 Å². The van der Waals surface area contributed by atoms with Gasteiger partial charge in [0.2, 0.25) is 5.91 Å². The number of carbonyl (C=O) groups excluding carboxylic acids is 2. The third-order valence-electron chi connectivity index (χ3n) is 5.04. The van der Waals surface area contributed by atoms with Crippen LogP contribution >= 0.6 is 0 Å². The van der Waals surface area contributed by atoms with Gasteiger partial charge in [-0.1, -0.05) is 18.2 Å². The van der Waals surface area contributed by atoms with Gasteiger partial charge in [-0.05, 0) is 41.5 Å². The lowest BCUT2D eigenvalue weighted by Crippen LogP contribution is -2.39. The third kappa shape index (κ3) is 4.58. The molecule has 0 saturated heterocycles. The lowest BCUT2D eigenvalue weighted by Gasteiger charge is -2.17. The maximum Gasteiger partial charge on any atom is 0.326 e. The van der Waals surface area contributed by atoms with E-state index in [0.29, 0.717) is 15.8 Å². The highest BCUT2D eigenvalue weighted by Gasteiger charge is 2.19. The lowest BCUT2D eigenvalue weighted by molar-refractivity contribution is -0.115. The molecule has 0 spiro atoms. The van der Waals surface area contributed by atoms with Gasteiger partial charge in [-0.25, -0.2) is 14.1 Å². The quantitative estimate of drug-likeness (QED) is 0.390. The van der Waals surface area contributed by atoms with E-state index in [1.165, 1.54) is 54.8 Å². The van der Waals surface area contributed by atoms with Crippen LogP contribution in [0.5, 0.6) is 23.0 Å². The molecule has 34 heavy (non-hydrogen) atoms. The second-order valence-electron chi connectivity index (χ2n) is 7.34. The molecule has 3 N–H and O–H groups in total. The number of methoxy groups -OCH3 is 1. The van der Waals surface area contributed by atoms with Crippen molar-refractivity contribution in [1.29, 1.82) is 0 Å². The van der Waals surface area contributed by atoms with Crippen molar-refractivity contribution in [2.24, 2.45) is 5.73 Å². The Labute approximate surface area is 194 Å². The van der Waals surface area contributed by atoms with Crippen LogP contribution in [-0.2, 0) is 4.79 Å². The molecule has 9 heteroatoms. The van der Waals surface area contributed by atoms with Gasteiger partial charge in [0, 0.05) is 30.6 Å². The van der Waals surface area contributed by atoms with E-state index >= 15 is 0 Å². The van der Waals surface area contributed by atoms with Gasteiger partial charge in [-0.3, -0.25) is 9.78 Å². The number of urea groups is 1. The van der Waals surface area contributed by atoms with Crippen molar-refractivity contribution >= 4 is 28.5 Å². The standard InChI is InChI=1S/C19H16FN3O5.C6H4/c1-10(24)23(19(21)26)11-3-4-17(13(20)7-11)28-16-5-6-22-14-9-15(25)18(27-2)8-12(14)16;1-2-5-4-6(5)3-1/h3-9,25H,1-2H3,(H2,21,26);1-4H. The van der Waals surface area contributed by atoms with E-state index in [-0.39, 0.29) is 28.7 Å². The summed E-state index contributed by atoms with van der Waals surface area (Å²) in [5.74, 6) is -1.21. The van der Waals surface area contributed by atoms with E-state index in [0.717, 1.165) is 13.0 Å². The molecule has 2 aromatic carbocycles. The number of phenols is 1. The molecule has 0 aliphatic heterocycles. The molecule has 5 rings (SSSR count). The van der Waals surface area contributed by atoms with Gasteiger partial charge in [0.05, 0.1) is 18.3 Å². The van der Waals surface area contributed by atoms with Gasteiger partial charge in [-0.15, -0.1) is 0 Å². The zero-order chi connectivity index (χ0) is 24.4. The van der Waals surface area contributed by atoms with Crippen molar-refractivity contribution in [3.8, 4) is 34.1 Å². The molecule has 172 valence electrons. The van der Waals surface area contributed by atoms with Gasteiger partial charge in [0.15, 0.2) is 23.1 Å². The topological polar surface area (TPSA) is 115 Å². The van der Waals surface area contributed by atoms with Crippen molar-refractivity contribution in [3.63, 3.8) is 0 Å². The number of carbonyl (C=O) groups is 2. The van der Waals surface area contributed by atoms with Crippen LogP contribution in [0, 0.1) is 5.82 Å². The van der Waals surface area contributed by atoms with Crippen LogP contribution in [0.4, 0.5) is 14.9 Å². The number of ether oxygens (including phenoxy) is 2. The number of pyridine rings is 1. The number of fused-ring (bicyclic) bond motifs is 2. The Morgan fingerprint density at radius 3 is 2.26 bits per heavy atom. The molecule has 0 radical (unpaired) electrons. The van der Waals surface area contributed by atoms with E-state index in [1.807, 2.05) is 0 Å². The SMILES string of the molecule is COc1cc2c(Oc3ccc(N(C(C)=O)C(N)=O)cc3F)ccnc2cc1O.c1cc2cc-2c1. The first-order chi connectivity index (χ1) is 16.3. The van der Waals surface area contributed by atoms with Crippen LogP contribution in [0.2, 0.25) is 0 Å². The monoisotopic (exact) mass is 461 g/mol. The number of benzene rings is 3. The largest absolute Gasteiger partial charge is 0.504 e. The molecule has 3 amide bonds. The summed E-state index contributed by atoms with van der Waals surface area (Å²) in [6, 6.07) is 15.5. The molecule has 0 saturated carbocycles. The first-order valence-electron chi connectivity index (χ1n) is 10.1. The molecule has 2 aliphatic carbocycles. The van der Waals surface area contributed by atoms with Crippen molar-refractivity contribution in [2.75, 3.05) is 12.0 Å². The summed E-state index contributed by atoms with van der Waals surface area (Å²) in [5, 5.41) is 10.4. The number of aromatic hydroxyl groups is 1. The fourth-order valence-corrected chi connectivity index (χ4v) is 3.36. The zero-order valence-electron chi connectivity index (χ0n) is 18.3. The minimum absolute atomic E-state index is 0.0176. The average Bonchev–Trinajstić information content (AvgIpc) is 3.39. The Kier molecular flexibility index (Phi) is 6.01. The second kappa shape index (κ2) is 9.07. The summed E-state index contributed by atoms with van der Waals surface area (Å²) in [6.45, 7) is 1.14. The maximum absolute atomic E-state index is 14.5. The van der Waals surface area contributed by atoms with E-state index in [1.54, 1.807) is 0 Å². The molecule has 8 nitrogen and oxygen atoms in total. The number of nitrogens with zero attached hydrogens (tertiary/aromatic N) is 2. The molecule has 1 aromatic heterocycles. The Balaban J connectivity index is 0.000000388. The first kappa shape index (κ1) is 22.5. The fourth-order valence-electron chi connectivity index (χ4n) is 3.36. The van der Waals surface area contributed by atoms with Gasteiger partial charge >= 0.3 is 6.03 Å². The number of phenolic OH excluding ortho intramolecular Hbond substituents is 1. The number of hydrogen-bond acceptors (Lipinski definition) is 6. The highest BCUT2D eigenvalue weighted by atomic mass is 19.1. The summed E-state index contributed by atoms with van der Waals surface area (Å²) in [4.78, 5) is 27.7. The molecule has 0 fully saturated rings. The van der Waals surface area contributed by atoms with Crippen LogP contribution in [0.25, 0.3) is 22.0 Å². The van der Waals surface area contributed by atoms with E-state index < -0.39 is 17.8 Å². The highest BCUT2D eigenvalue weighted by Crippen LogP contribution is 2.37. The molecule has 0 bridgehead atoms. The molecule has 3 aromatic rings. The number of imide groups is 1. The van der Waals surface area contributed by atoms with Crippen LogP contribution in [0.15, 0.2) is 66.9 Å². The summed E-state index contributed by atoms with van der Waals surface area (Å²) >= 11 is 0. The van der Waals surface area contributed by atoms with Crippen LogP contribution in [-0.4, -0.2) is 29.1 Å². The zero-order valence-corrected chi connectivity index (χ0v) is 18.3. The number of amides is 3. The molecule has 0 unspecified atom stereocenters. The predicted molar refractivity (Wildman–Crippen MR) is 125 cm³/mol. The Morgan fingerprint density at radius 1 is 1.00 bits per heavy atom. The number of anilines is 1. The van der Waals surface area contributed by atoms with Crippen molar-refractivity contribution in [3.05, 3.63) is 72.7 Å². The minimum Gasteiger partial charge on any atom is -0.504 e. The summed E-state index contributed by atoms with van der Waals surface area (Å²) in [5.41, 5.74) is 8.41. The smallest absolute Gasteiger partial charge is 0.326 e. The number of nitrogens with two attached hydrogens (primary N) is 1. The fraction of sp³-hybridized carbons (Fsp3) is 0.0800. The average molecular weight is 461 g/mol. The molecule has 2 aliphatic rings. The molecular formula is C25H20FN3O5. The van der Waals surface area contributed by atoms with Gasteiger partial charge in [0.1, 0.15) is 5.75 Å². The number of primary amides is 1. The Bertz CT molecular complexity index is 1390. The summed E-state index contributed by atoms with van der Waals surface area (Å²) < 4.78 is 25.3. The molecule has 0 atom stereocenters. The Hall–Kier alpha value is -4.66. The van der Waals surface area contributed by atoms with Crippen molar-refractivity contribution in [2.45, 2.75) is 6.92 Å². The number of rotatable bonds is 4. The Morgan fingerprint density at radius 2 is 1.74 bits per heavy atom. The number of halogens is 1. The van der Waals surface area contributed by atoms with E-state index in [4.69, 9.17) is 15.2 Å². The third-order valence-corrected chi connectivity index (χ3v) is 5.04. The maximum atomic E-state index is 14.5. The predicted octanol–water partition coefficient (Wildman–Crippen LogP) is 4.98. The highest BCUT2D eigenvalue weighted by molar-refractivity contribution is 6.12. The number of hydrogen-bond donors (Lipinski definition) is 2. The van der Waals surface area contributed by atoms with Gasteiger partial charge in [-0.2, -0.15) is 0 Å². The van der Waals surface area contributed by atoms with E-state index in [2.05, 4.69) is 29.2 Å². The number of aromatic nitrogens is 1. The van der Waals surface area contributed by atoms with Crippen LogP contribution in [0.1, 0.15) is 6.92 Å². The second-order valence-corrected chi connectivity index (χ2v) is 7.34. The minimum atomic E-state index is -1.02. The van der Waals surface area contributed by atoms with Gasteiger partial charge in [0.25, 0.3) is 0 Å². The molecular weight excluding hydrogens is 441 g/mol. The lowest BCUT2D eigenvalue weighted by atomic mass is 10.2. The van der Waals surface area contributed by atoms with Gasteiger partial charge < -0.3 is 20.3 Å². The summed E-state index contributed by atoms with van der Waals surface area (Å²) in [6.07, 6.45) is 1.44.